The number of aliphatic hydroxyl groups is 2. The molecular weight excluding hydrogens is 722 g/mol. The van der Waals surface area contributed by atoms with Gasteiger partial charge in [0.15, 0.2) is 0 Å². The Labute approximate surface area is 318 Å². The number of rotatable bonds is 22. The van der Waals surface area contributed by atoms with Gasteiger partial charge in [-0.2, -0.15) is 0 Å². The van der Waals surface area contributed by atoms with Gasteiger partial charge in [-0.1, -0.05) is 58.0 Å². The molecule has 0 spiro atoms. The summed E-state index contributed by atoms with van der Waals surface area (Å²) in [5.41, 5.74) is 22.6. The zero-order valence-corrected chi connectivity index (χ0v) is 31.7. The van der Waals surface area contributed by atoms with Crippen molar-refractivity contribution < 1.29 is 53.4 Å². The smallest absolute Gasteiger partial charge is 0.252 e. The first-order valence-electron chi connectivity index (χ1n) is 17.6. The topological polar surface area (TPSA) is 350 Å². The Bertz CT molecular complexity index is 1540. The van der Waals surface area contributed by atoms with Crippen LogP contribution in [0.15, 0.2) is 30.3 Å². The summed E-state index contributed by atoms with van der Waals surface area (Å²) in [6, 6.07) is -0.328. The molecule has 20 heteroatoms. The first-order chi connectivity index (χ1) is 25.6. The molecule has 7 atom stereocenters. The summed E-state index contributed by atoms with van der Waals surface area (Å²) in [5.74, 6) is -9.80. The summed E-state index contributed by atoms with van der Waals surface area (Å²) in [5, 5.41) is 29.9. The Balaban J connectivity index is 3.46. The molecule has 0 fully saturated rings. The van der Waals surface area contributed by atoms with Gasteiger partial charge in [0.05, 0.1) is 37.6 Å². The van der Waals surface area contributed by atoms with Crippen LogP contribution in [0.5, 0.6) is 0 Å². The minimum Gasteiger partial charge on any atom is -0.394 e. The van der Waals surface area contributed by atoms with Gasteiger partial charge >= 0.3 is 0 Å². The maximum absolute atomic E-state index is 13.9. The number of amides is 9. The van der Waals surface area contributed by atoms with E-state index in [0.717, 1.165) is 6.92 Å². The average molecular weight is 778 g/mol. The van der Waals surface area contributed by atoms with Gasteiger partial charge in [-0.15, -0.1) is 0 Å². The molecule has 1 aromatic carbocycles. The molecule has 0 radical (unpaired) electrons. The molecule has 0 aliphatic heterocycles. The molecule has 55 heavy (non-hydrogen) atoms. The lowest BCUT2D eigenvalue weighted by Gasteiger charge is -2.33. The maximum atomic E-state index is 13.9. The summed E-state index contributed by atoms with van der Waals surface area (Å²) in [4.78, 5) is 116. The molecule has 306 valence electrons. The third-order valence-electron chi connectivity index (χ3n) is 8.43. The Hall–Kier alpha value is -5.31. The van der Waals surface area contributed by atoms with Crippen LogP contribution in [0.4, 0.5) is 0 Å². The summed E-state index contributed by atoms with van der Waals surface area (Å²) < 4.78 is 0. The Kier molecular flexibility index (Phi) is 19.8. The molecule has 1 rings (SSSR count). The third kappa shape index (κ3) is 15.9. The zero-order valence-electron chi connectivity index (χ0n) is 31.7. The second-order valence-corrected chi connectivity index (χ2v) is 13.8. The number of carbonyl (C=O) groups is 9. The molecular formula is C35H55N9O11. The monoisotopic (exact) mass is 777 g/mol. The molecule has 0 aliphatic carbocycles. The number of nitrogens with one attached hydrogen (secondary N) is 4. The van der Waals surface area contributed by atoms with Crippen LogP contribution in [0, 0.1) is 11.8 Å². The molecule has 20 nitrogen and oxygen atoms in total. The zero-order chi connectivity index (χ0) is 42.2. The van der Waals surface area contributed by atoms with Gasteiger partial charge in [0, 0.05) is 13.3 Å². The second-order valence-electron chi connectivity index (χ2n) is 13.8. The van der Waals surface area contributed by atoms with Crippen molar-refractivity contribution in [1.82, 2.24) is 26.2 Å². The van der Waals surface area contributed by atoms with Crippen LogP contribution < -0.4 is 44.2 Å². The predicted molar refractivity (Wildman–Crippen MR) is 196 cm³/mol. The summed E-state index contributed by atoms with van der Waals surface area (Å²) in [6.45, 7) is 6.75. The lowest BCUT2D eigenvalue weighted by atomic mass is 9.97. The van der Waals surface area contributed by atoms with E-state index in [1.54, 1.807) is 58.0 Å². The summed E-state index contributed by atoms with van der Waals surface area (Å²) in [6.07, 6.45) is -4.51. The highest BCUT2D eigenvalue weighted by molar-refractivity contribution is 6.04. The number of hydrogen-bond donors (Lipinski definition) is 10. The number of nitrogens with zero attached hydrogens (tertiary/aromatic N) is 1. The number of nitrogens with two attached hydrogens (primary N) is 4. The fourth-order valence-electron chi connectivity index (χ4n) is 5.21. The number of carbonyl (C=O) groups excluding carboxylic acids is 9. The molecule has 0 saturated heterocycles. The number of hydrogen-bond acceptors (Lipinski definition) is 13. The van der Waals surface area contributed by atoms with E-state index < -0.39 is 134 Å². The van der Waals surface area contributed by atoms with Crippen molar-refractivity contribution in [2.45, 2.75) is 109 Å². The highest BCUT2D eigenvalue weighted by Crippen LogP contribution is 2.15. The van der Waals surface area contributed by atoms with Crippen molar-refractivity contribution in [2.75, 3.05) is 6.61 Å². The van der Waals surface area contributed by atoms with Crippen LogP contribution >= 0.6 is 0 Å². The highest BCUT2D eigenvalue weighted by atomic mass is 16.3. The minimum atomic E-state index is -1.98. The van der Waals surface area contributed by atoms with Crippen molar-refractivity contribution in [3.05, 3.63) is 35.9 Å². The molecule has 1 aromatic rings. The van der Waals surface area contributed by atoms with Gasteiger partial charge in [-0.25, -0.2) is 0 Å². The fourth-order valence-corrected chi connectivity index (χ4v) is 5.21. The molecule has 0 saturated carbocycles. The van der Waals surface area contributed by atoms with E-state index in [1.807, 2.05) is 0 Å². The van der Waals surface area contributed by atoms with Crippen LogP contribution in [-0.2, 0) is 49.6 Å². The lowest BCUT2D eigenvalue weighted by molar-refractivity contribution is -0.154. The maximum Gasteiger partial charge on any atom is 0.252 e. The Morgan fingerprint density at radius 3 is 1.85 bits per heavy atom. The number of benzene rings is 1. The van der Waals surface area contributed by atoms with Gasteiger partial charge < -0.3 is 49.1 Å². The summed E-state index contributed by atoms with van der Waals surface area (Å²) >= 11 is 0. The molecule has 9 amide bonds. The molecule has 0 bridgehead atoms. The van der Waals surface area contributed by atoms with Gasteiger partial charge in [0.2, 0.25) is 47.3 Å². The van der Waals surface area contributed by atoms with Crippen LogP contribution in [0.1, 0.15) is 65.9 Å². The van der Waals surface area contributed by atoms with Crippen LogP contribution in [0.25, 0.3) is 0 Å². The Morgan fingerprint density at radius 1 is 0.764 bits per heavy atom. The molecule has 0 aromatic heterocycles. The van der Waals surface area contributed by atoms with E-state index in [2.05, 4.69) is 21.3 Å². The number of primary amides is 2. The van der Waals surface area contributed by atoms with Crippen molar-refractivity contribution in [3.8, 4) is 0 Å². The number of aliphatic hydroxyl groups excluding tert-OH is 2. The van der Waals surface area contributed by atoms with Crippen molar-refractivity contribution >= 4 is 53.2 Å². The molecule has 0 heterocycles. The molecule has 14 N–H and O–H groups in total. The van der Waals surface area contributed by atoms with E-state index in [-0.39, 0.29) is 12.3 Å². The first-order valence-corrected chi connectivity index (χ1v) is 17.6. The predicted octanol–water partition coefficient (Wildman–Crippen LogP) is -4.08. The minimum absolute atomic E-state index is 0.139. The quantitative estimate of drug-likeness (QED) is 0.0536. The average Bonchev–Trinajstić information content (AvgIpc) is 3.10. The van der Waals surface area contributed by atoms with Gasteiger partial charge in [-0.05, 0) is 30.2 Å². The Morgan fingerprint density at radius 2 is 1.36 bits per heavy atom. The van der Waals surface area contributed by atoms with E-state index in [4.69, 9.17) is 22.9 Å². The fraction of sp³-hybridized carbons (Fsp3) is 0.571. The van der Waals surface area contributed by atoms with Crippen molar-refractivity contribution in [3.63, 3.8) is 0 Å². The third-order valence-corrected chi connectivity index (χ3v) is 8.43. The standard InChI is InChI=1S/C35H55N9O11/c1-17(2)29(39)33(53)43-30(18(3)4)34(54)42-28(50)15-25(47)23(13-20-9-7-6-8-10-20)41-32(52)24(14-27(38)49)44(19(5)46)35(55)22(11-12-26(37)48)40-31(51)21(36)16-45/h6-10,17-18,21-25,29-30,45,47H,11-16,36,39H2,1-5H3,(H2,37,48)(H2,38,49)(H,40,51)(H,41,52)(H,43,53)(H,42,50,54)/t21-,22-,23?,24-,25?,29-,30-/m0/s1. The highest BCUT2D eigenvalue weighted by Gasteiger charge is 2.40. The molecule has 2 unspecified atom stereocenters. The van der Waals surface area contributed by atoms with E-state index in [9.17, 15) is 53.4 Å². The van der Waals surface area contributed by atoms with Gasteiger partial charge in [0.25, 0.3) is 5.91 Å². The SMILES string of the molecule is CC(=O)N(C(=O)[C@H](CCC(N)=O)NC(=O)[C@@H](N)CO)[C@@H](CC(N)=O)C(=O)NC(Cc1ccccc1)C(O)CC(=O)NC(=O)[C@@H](NC(=O)[C@@H](N)C(C)C)C(C)C. The largest absolute Gasteiger partial charge is 0.394 e. The first kappa shape index (κ1) is 47.7. The van der Waals surface area contributed by atoms with E-state index >= 15 is 0 Å². The normalized spacial score (nSPS) is 15.0. The van der Waals surface area contributed by atoms with Gasteiger partial charge in [-0.3, -0.25) is 53.4 Å². The van der Waals surface area contributed by atoms with Crippen LogP contribution in [0.2, 0.25) is 0 Å². The molecule has 0 aliphatic rings. The van der Waals surface area contributed by atoms with E-state index in [0.29, 0.717) is 10.5 Å². The van der Waals surface area contributed by atoms with Crippen LogP contribution in [-0.4, -0.2) is 117 Å². The van der Waals surface area contributed by atoms with Gasteiger partial charge in [0.1, 0.15) is 24.2 Å². The summed E-state index contributed by atoms with van der Waals surface area (Å²) in [7, 11) is 0. The number of imide groups is 2. The van der Waals surface area contributed by atoms with E-state index in [1.165, 1.54) is 0 Å². The second kappa shape index (κ2) is 22.8. The van der Waals surface area contributed by atoms with Crippen LogP contribution in [0.3, 0.4) is 0 Å². The van der Waals surface area contributed by atoms with Crippen molar-refractivity contribution in [2.24, 2.45) is 34.8 Å². The van der Waals surface area contributed by atoms with Crippen molar-refractivity contribution in [1.29, 1.82) is 0 Å². The lowest BCUT2D eigenvalue weighted by Crippen LogP contribution is -2.61.